The molecule has 3 nitrogen and oxygen atoms in total. The molecule has 0 radical (unpaired) electrons. The maximum absolute atomic E-state index is 11.9. The van der Waals surface area contributed by atoms with Crippen molar-refractivity contribution in [1.82, 2.24) is 5.32 Å². The van der Waals surface area contributed by atoms with Gasteiger partial charge in [-0.2, -0.15) is 0 Å². The Morgan fingerprint density at radius 2 is 2.12 bits per heavy atom. The standard InChI is InChI=1S/C12H18ClNO2S/c1-4-12(16,5-2)7-14-11(15)10-9(13)8(3)6-17-10/h6,16H,4-5,7H2,1-3H3,(H,14,15). The van der Waals surface area contributed by atoms with Gasteiger partial charge < -0.3 is 10.4 Å². The van der Waals surface area contributed by atoms with Crippen LogP contribution in [-0.4, -0.2) is 23.2 Å². The molecule has 1 heterocycles. The van der Waals surface area contributed by atoms with Crippen LogP contribution in [0.1, 0.15) is 41.9 Å². The predicted octanol–water partition coefficient (Wildman–Crippen LogP) is 2.99. The minimum Gasteiger partial charge on any atom is -0.388 e. The first kappa shape index (κ1) is 14.5. The summed E-state index contributed by atoms with van der Waals surface area (Å²) in [4.78, 5) is 12.4. The second-order valence-corrected chi connectivity index (χ2v) is 5.43. The van der Waals surface area contributed by atoms with Gasteiger partial charge in [-0.15, -0.1) is 11.3 Å². The molecule has 0 saturated heterocycles. The van der Waals surface area contributed by atoms with Gasteiger partial charge in [-0.3, -0.25) is 4.79 Å². The van der Waals surface area contributed by atoms with Crippen molar-refractivity contribution >= 4 is 28.8 Å². The van der Waals surface area contributed by atoms with E-state index in [9.17, 15) is 9.90 Å². The van der Waals surface area contributed by atoms with Crippen LogP contribution in [0.2, 0.25) is 5.02 Å². The summed E-state index contributed by atoms with van der Waals surface area (Å²) in [5.74, 6) is -0.214. The van der Waals surface area contributed by atoms with Gasteiger partial charge in [0.25, 0.3) is 5.91 Å². The van der Waals surface area contributed by atoms with E-state index in [-0.39, 0.29) is 12.5 Å². The zero-order chi connectivity index (χ0) is 13.1. The van der Waals surface area contributed by atoms with Crippen molar-refractivity contribution < 1.29 is 9.90 Å². The van der Waals surface area contributed by atoms with Gasteiger partial charge in [0, 0.05) is 6.54 Å². The zero-order valence-corrected chi connectivity index (χ0v) is 11.9. The molecule has 96 valence electrons. The van der Waals surface area contributed by atoms with E-state index in [1.807, 2.05) is 26.2 Å². The zero-order valence-electron chi connectivity index (χ0n) is 10.3. The third-order valence-electron chi connectivity index (χ3n) is 3.00. The van der Waals surface area contributed by atoms with E-state index in [4.69, 9.17) is 11.6 Å². The van der Waals surface area contributed by atoms with E-state index in [2.05, 4.69) is 5.32 Å². The predicted molar refractivity (Wildman–Crippen MR) is 71.9 cm³/mol. The molecule has 0 aliphatic carbocycles. The van der Waals surface area contributed by atoms with Crippen molar-refractivity contribution in [2.24, 2.45) is 0 Å². The summed E-state index contributed by atoms with van der Waals surface area (Å²) in [6, 6.07) is 0. The van der Waals surface area contributed by atoms with Crippen LogP contribution in [0.15, 0.2) is 5.38 Å². The van der Waals surface area contributed by atoms with Crippen molar-refractivity contribution in [1.29, 1.82) is 0 Å². The lowest BCUT2D eigenvalue weighted by atomic mass is 9.98. The van der Waals surface area contributed by atoms with Gasteiger partial charge in [0.2, 0.25) is 0 Å². The number of nitrogens with one attached hydrogen (secondary N) is 1. The molecule has 0 aromatic carbocycles. The van der Waals surface area contributed by atoms with Crippen LogP contribution in [0.4, 0.5) is 0 Å². The van der Waals surface area contributed by atoms with E-state index < -0.39 is 5.60 Å². The van der Waals surface area contributed by atoms with Gasteiger partial charge in [-0.25, -0.2) is 0 Å². The summed E-state index contributed by atoms with van der Waals surface area (Å²) in [6.45, 7) is 5.92. The summed E-state index contributed by atoms with van der Waals surface area (Å²) in [7, 11) is 0. The van der Waals surface area contributed by atoms with Gasteiger partial charge in [0.05, 0.1) is 10.6 Å². The van der Waals surface area contributed by atoms with Crippen molar-refractivity contribution in [2.45, 2.75) is 39.2 Å². The summed E-state index contributed by atoms with van der Waals surface area (Å²) in [6.07, 6.45) is 1.22. The number of halogens is 1. The second-order valence-electron chi connectivity index (χ2n) is 4.18. The molecule has 0 saturated carbocycles. The van der Waals surface area contributed by atoms with Crippen molar-refractivity contribution in [3.63, 3.8) is 0 Å². The van der Waals surface area contributed by atoms with Crippen LogP contribution in [0.5, 0.6) is 0 Å². The molecule has 0 aliphatic rings. The summed E-state index contributed by atoms with van der Waals surface area (Å²) in [5, 5.41) is 15.1. The Hall–Kier alpha value is -0.580. The molecule has 2 N–H and O–H groups in total. The number of rotatable bonds is 5. The van der Waals surface area contributed by atoms with Crippen LogP contribution in [-0.2, 0) is 0 Å². The highest BCUT2D eigenvalue weighted by atomic mass is 35.5. The van der Waals surface area contributed by atoms with Gasteiger partial charge in [0.1, 0.15) is 4.88 Å². The number of aliphatic hydroxyl groups is 1. The van der Waals surface area contributed by atoms with Crippen molar-refractivity contribution in [2.75, 3.05) is 6.54 Å². The highest BCUT2D eigenvalue weighted by molar-refractivity contribution is 7.13. The van der Waals surface area contributed by atoms with E-state index in [0.29, 0.717) is 22.7 Å². The van der Waals surface area contributed by atoms with Crippen LogP contribution in [0.3, 0.4) is 0 Å². The lowest BCUT2D eigenvalue weighted by Crippen LogP contribution is -2.41. The largest absolute Gasteiger partial charge is 0.388 e. The molecule has 0 fully saturated rings. The number of aryl methyl sites for hydroxylation is 1. The minimum absolute atomic E-state index is 0.214. The molecule has 5 heteroatoms. The Morgan fingerprint density at radius 1 is 1.53 bits per heavy atom. The molecule has 1 rings (SSSR count). The minimum atomic E-state index is -0.825. The lowest BCUT2D eigenvalue weighted by molar-refractivity contribution is 0.0314. The molecule has 17 heavy (non-hydrogen) atoms. The first-order valence-electron chi connectivity index (χ1n) is 5.67. The molecule has 0 spiro atoms. The third-order valence-corrected chi connectivity index (χ3v) is 4.70. The summed E-state index contributed by atoms with van der Waals surface area (Å²) < 4.78 is 0. The Bertz CT molecular complexity index is 399. The molecular formula is C12H18ClNO2S. The Morgan fingerprint density at radius 3 is 2.53 bits per heavy atom. The van der Waals surface area contributed by atoms with Crippen molar-refractivity contribution in [3.05, 3.63) is 20.8 Å². The molecule has 0 bridgehead atoms. The van der Waals surface area contributed by atoms with Gasteiger partial charge in [0.15, 0.2) is 0 Å². The fourth-order valence-corrected chi connectivity index (χ4v) is 2.60. The highest BCUT2D eigenvalue weighted by Gasteiger charge is 2.24. The molecule has 0 atom stereocenters. The molecule has 0 aliphatic heterocycles. The average Bonchev–Trinajstić information content (AvgIpc) is 2.67. The number of hydrogen-bond acceptors (Lipinski definition) is 3. The number of thiophene rings is 1. The molecular weight excluding hydrogens is 258 g/mol. The van der Waals surface area contributed by atoms with Gasteiger partial charge in [-0.1, -0.05) is 25.4 Å². The number of carbonyl (C=O) groups excluding carboxylic acids is 1. The number of carbonyl (C=O) groups is 1. The monoisotopic (exact) mass is 275 g/mol. The molecule has 1 aromatic rings. The Balaban J connectivity index is 2.65. The quantitative estimate of drug-likeness (QED) is 0.868. The second kappa shape index (κ2) is 5.85. The molecule has 1 amide bonds. The van der Waals surface area contributed by atoms with E-state index in [1.54, 1.807) is 0 Å². The number of amides is 1. The highest BCUT2D eigenvalue weighted by Crippen LogP contribution is 2.27. The molecule has 1 aromatic heterocycles. The van der Waals surface area contributed by atoms with Crippen LogP contribution in [0.25, 0.3) is 0 Å². The maximum Gasteiger partial charge on any atom is 0.262 e. The van der Waals surface area contributed by atoms with Crippen LogP contribution in [0, 0.1) is 6.92 Å². The first-order chi connectivity index (χ1) is 7.93. The topological polar surface area (TPSA) is 49.3 Å². The SMILES string of the molecule is CCC(O)(CC)CNC(=O)c1scc(C)c1Cl. The first-order valence-corrected chi connectivity index (χ1v) is 6.93. The van der Waals surface area contributed by atoms with Crippen LogP contribution < -0.4 is 5.32 Å². The lowest BCUT2D eigenvalue weighted by Gasteiger charge is -2.25. The number of hydrogen-bond donors (Lipinski definition) is 2. The summed E-state index contributed by atoms with van der Waals surface area (Å²) in [5.41, 5.74) is 0.0807. The fraction of sp³-hybridized carbons (Fsp3) is 0.583. The normalized spacial score (nSPS) is 11.6. The van der Waals surface area contributed by atoms with Crippen LogP contribution >= 0.6 is 22.9 Å². The maximum atomic E-state index is 11.9. The van der Waals surface area contributed by atoms with E-state index in [0.717, 1.165) is 5.56 Å². The van der Waals surface area contributed by atoms with E-state index in [1.165, 1.54) is 11.3 Å². The average molecular weight is 276 g/mol. The third kappa shape index (κ3) is 3.44. The summed E-state index contributed by atoms with van der Waals surface area (Å²) >= 11 is 7.33. The molecule has 0 unspecified atom stereocenters. The van der Waals surface area contributed by atoms with Gasteiger partial charge in [-0.05, 0) is 30.7 Å². The fourth-order valence-electron chi connectivity index (χ4n) is 1.41. The smallest absolute Gasteiger partial charge is 0.262 e. The Kier molecular flexibility index (Phi) is 4.98. The Labute approximate surface area is 111 Å². The van der Waals surface area contributed by atoms with E-state index >= 15 is 0 Å². The van der Waals surface area contributed by atoms with Gasteiger partial charge >= 0.3 is 0 Å². The van der Waals surface area contributed by atoms with Crippen molar-refractivity contribution in [3.8, 4) is 0 Å².